The first kappa shape index (κ1) is 13.3. The van der Waals surface area contributed by atoms with E-state index in [2.05, 4.69) is 37.2 Å². The second-order valence-electron chi connectivity index (χ2n) is 5.13. The second-order valence-corrected chi connectivity index (χ2v) is 5.13. The largest absolute Gasteiger partial charge is 0.466 e. The van der Waals surface area contributed by atoms with E-state index in [1.165, 1.54) is 0 Å². The molecule has 0 amide bonds. The Kier molecular flexibility index (Phi) is 4.56. The Morgan fingerprint density at radius 3 is 2.56 bits per heavy atom. The van der Waals surface area contributed by atoms with E-state index in [4.69, 9.17) is 4.42 Å². The average Bonchev–Trinajstić information content (AvgIpc) is 2.61. The van der Waals surface area contributed by atoms with Crippen LogP contribution in [-0.4, -0.2) is 37.6 Å². The van der Waals surface area contributed by atoms with Gasteiger partial charge in [0.2, 0.25) is 0 Å². The molecule has 1 rings (SSSR count). The van der Waals surface area contributed by atoms with Crippen molar-refractivity contribution in [2.75, 3.05) is 27.2 Å². The quantitative estimate of drug-likeness (QED) is 0.802. The van der Waals surface area contributed by atoms with Crippen LogP contribution in [0.15, 0.2) is 16.5 Å². The van der Waals surface area contributed by atoms with Crippen molar-refractivity contribution < 1.29 is 4.42 Å². The van der Waals surface area contributed by atoms with Gasteiger partial charge in [-0.15, -0.1) is 0 Å². The maximum absolute atomic E-state index is 5.55. The Hall–Kier alpha value is -0.800. The minimum atomic E-state index is 0.161. The smallest absolute Gasteiger partial charge is 0.105 e. The van der Waals surface area contributed by atoms with Crippen molar-refractivity contribution >= 4 is 0 Å². The molecule has 16 heavy (non-hydrogen) atoms. The van der Waals surface area contributed by atoms with Gasteiger partial charge < -0.3 is 14.6 Å². The number of nitrogens with zero attached hydrogens (tertiary/aromatic N) is 1. The van der Waals surface area contributed by atoms with Crippen LogP contribution < -0.4 is 5.32 Å². The van der Waals surface area contributed by atoms with Crippen molar-refractivity contribution in [1.82, 2.24) is 10.2 Å². The zero-order valence-corrected chi connectivity index (χ0v) is 11.1. The fourth-order valence-electron chi connectivity index (χ4n) is 1.75. The van der Waals surface area contributed by atoms with Crippen molar-refractivity contribution in [2.45, 2.75) is 32.7 Å². The topological polar surface area (TPSA) is 28.4 Å². The number of likely N-dealkylation sites (N-methyl/N-ethyl adjacent to an activating group) is 2. The lowest BCUT2D eigenvalue weighted by atomic mass is 10.1. The monoisotopic (exact) mass is 224 g/mol. The molecule has 92 valence electrons. The van der Waals surface area contributed by atoms with Crippen LogP contribution >= 0.6 is 0 Å². The maximum atomic E-state index is 5.55. The summed E-state index contributed by atoms with van der Waals surface area (Å²) >= 11 is 0. The third kappa shape index (κ3) is 4.37. The van der Waals surface area contributed by atoms with Crippen LogP contribution in [-0.2, 0) is 6.42 Å². The van der Waals surface area contributed by atoms with Crippen molar-refractivity contribution in [3.63, 3.8) is 0 Å². The second kappa shape index (κ2) is 5.51. The number of furan rings is 1. The third-order valence-corrected chi connectivity index (χ3v) is 2.88. The number of hydrogen-bond acceptors (Lipinski definition) is 3. The van der Waals surface area contributed by atoms with Crippen LogP contribution in [0.4, 0.5) is 0 Å². The van der Waals surface area contributed by atoms with Crippen LogP contribution in [0.1, 0.15) is 25.4 Å². The van der Waals surface area contributed by atoms with Gasteiger partial charge in [0.1, 0.15) is 11.5 Å². The summed E-state index contributed by atoms with van der Waals surface area (Å²) in [6, 6.07) is 4.08. The average molecular weight is 224 g/mol. The van der Waals surface area contributed by atoms with Gasteiger partial charge in [-0.25, -0.2) is 0 Å². The standard InChI is InChI=1S/C13H24N2O/c1-11-6-7-12(16-11)8-9-15(5)10-13(2,3)14-4/h6-7,14H,8-10H2,1-5H3. The zero-order chi connectivity index (χ0) is 12.2. The predicted molar refractivity (Wildman–Crippen MR) is 67.8 cm³/mol. The van der Waals surface area contributed by atoms with E-state index in [9.17, 15) is 0 Å². The summed E-state index contributed by atoms with van der Waals surface area (Å²) in [6.07, 6.45) is 0.976. The molecule has 1 aromatic heterocycles. The highest BCUT2D eigenvalue weighted by Crippen LogP contribution is 2.08. The van der Waals surface area contributed by atoms with Gasteiger partial charge in [0.15, 0.2) is 0 Å². The molecule has 1 N–H and O–H groups in total. The molecule has 0 aliphatic rings. The Balaban J connectivity index is 2.33. The van der Waals surface area contributed by atoms with E-state index in [0.29, 0.717) is 0 Å². The predicted octanol–water partition coefficient (Wildman–Crippen LogP) is 2.06. The molecular weight excluding hydrogens is 200 g/mol. The summed E-state index contributed by atoms with van der Waals surface area (Å²) in [4.78, 5) is 2.33. The molecule has 0 fully saturated rings. The molecule has 1 aromatic rings. The summed E-state index contributed by atoms with van der Waals surface area (Å²) in [6.45, 7) is 8.46. The first-order valence-corrected chi connectivity index (χ1v) is 5.86. The summed E-state index contributed by atoms with van der Waals surface area (Å²) in [5.41, 5.74) is 0.161. The van der Waals surface area contributed by atoms with Crippen molar-refractivity contribution in [2.24, 2.45) is 0 Å². The zero-order valence-electron chi connectivity index (χ0n) is 11.1. The van der Waals surface area contributed by atoms with Gasteiger partial charge in [-0.1, -0.05) is 0 Å². The van der Waals surface area contributed by atoms with E-state index in [-0.39, 0.29) is 5.54 Å². The summed E-state index contributed by atoms with van der Waals surface area (Å²) in [5, 5.41) is 3.31. The van der Waals surface area contributed by atoms with Crippen LogP contribution in [0.3, 0.4) is 0 Å². The minimum Gasteiger partial charge on any atom is -0.466 e. The molecule has 0 saturated heterocycles. The molecule has 0 unspecified atom stereocenters. The van der Waals surface area contributed by atoms with Crippen molar-refractivity contribution in [3.05, 3.63) is 23.7 Å². The van der Waals surface area contributed by atoms with Gasteiger partial charge in [-0.3, -0.25) is 0 Å². The molecule has 3 heteroatoms. The van der Waals surface area contributed by atoms with Gasteiger partial charge in [0.25, 0.3) is 0 Å². The molecule has 0 radical (unpaired) electrons. The summed E-state index contributed by atoms with van der Waals surface area (Å²) < 4.78 is 5.55. The fraction of sp³-hybridized carbons (Fsp3) is 0.692. The highest BCUT2D eigenvalue weighted by molar-refractivity contribution is 5.05. The lowest BCUT2D eigenvalue weighted by Gasteiger charge is -2.29. The molecule has 0 saturated carbocycles. The van der Waals surface area contributed by atoms with Crippen LogP contribution in [0.25, 0.3) is 0 Å². The number of rotatable bonds is 6. The van der Waals surface area contributed by atoms with E-state index in [1.54, 1.807) is 0 Å². The normalized spacial score (nSPS) is 12.4. The first-order valence-electron chi connectivity index (χ1n) is 5.86. The lowest BCUT2D eigenvalue weighted by molar-refractivity contribution is 0.242. The first-order chi connectivity index (χ1) is 7.43. The van der Waals surface area contributed by atoms with Gasteiger partial charge in [-0.2, -0.15) is 0 Å². The number of hydrogen-bond donors (Lipinski definition) is 1. The molecule has 0 spiro atoms. The molecule has 0 aliphatic heterocycles. The number of aryl methyl sites for hydroxylation is 1. The van der Waals surface area contributed by atoms with E-state index < -0.39 is 0 Å². The van der Waals surface area contributed by atoms with Crippen molar-refractivity contribution in [3.8, 4) is 0 Å². The van der Waals surface area contributed by atoms with E-state index in [1.807, 2.05) is 20.0 Å². The van der Waals surface area contributed by atoms with Crippen LogP contribution in [0, 0.1) is 6.92 Å². The van der Waals surface area contributed by atoms with Gasteiger partial charge in [0, 0.05) is 25.0 Å². The SMILES string of the molecule is CNC(C)(C)CN(C)CCc1ccc(C)o1. The van der Waals surface area contributed by atoms with E-state index in [0.717, 1.165) is 31.0 Å². The summed E-state index contributed by atoms with van der Waals surface area (Å²) in [5.74, 6) is 2.07. The van der Waals surface area contributed by atoms with E-state index >= 15 is 0 Å². The van der Waals surface area contributed by atoms with Gasteiger partial charge >= 0.3 is 0 Å². The lowest BCUT2D eigenvalue weighted by Crippen LogP contribution is -2.46. The summed E-state index contributed by atoms with van der Waals surface area (Å²) in [7, 11) is 4.15. The third-order valence-electron chi connectivity index (χ3n) is 2.88. The molecule has 0 atom stereocenters. The highest BCUT2D eigenvalue weighted by Gasteiger charge is 2.17. The van der Waals surface area contributed by atoms with Crippen molar-refractivity contribution in [1.29, 1.82) is 0 Å². The number of nitrogens with one attached hydrogen (secondary N) is 1. The van der Waals surface area contributed by atoms with Crippen LogP contribution in [0.2, 0.25) is 0 Å². The molecule has 0 bridgehead atoms. The molecule has 1 heterocycles. The molecule has 3 nitrogen and oxygen atoms in total. The Morgan fingerprint density at radius 1 is 1.38 bits per heavy atom. The Bertz CT molecular complexity index is 317. The minimum absolute atomic E-state index is 0.161. The van der Waals surface area contributed by atoms with Crippen LogP contribution in [0.5, 0.6) is 0 Å². The van der Waals surface area contributed by atoms with Gasteiger partial charge in [0.05, 0.1) is 0 Å². The molecule has 0 aliphatic carbocycles. The maximum Gasteiger partial charge on any atom is 0.105 e. The highest BCUT2D eigenvalue weighted by atomic mass is 16.3. The Morgan fingerprint density at radius 2 is 2.06 bits per heavy atom. The molecule has 0 aromatic carbocycles. The van der Waals surface area contributed by atoms with Gasteiger partial charge in [-0.05, 0) is 47.0 Å². The molecular formula is C13H24N2O. The fourth-order valence-corrected chi connectivity index (χ4v) is 1.75. The Labute approximate surface area is 98.8 Å².